The number of allylic oxidation sites excluding steroid dienone is 2. The van der Waals surface area contributed by atoms with E-state index in [4.69, 9.17) is 11.6 Å². The van der Waals surface area contributed by atoms with Crippen molar-refractivity contribution < 1.29 is 0 Å². The van der Waals surface area contributed by atoms with Crippen LogP contribution < -0.4 is 0 Å². The highest BCUT2D eigenvalue weighted by Crippen LogP contribution is 2.13. The van der Waals surface area contributed by atoms with E-state index in [-0.39, 0.29) is 0 Å². The van der Waals surface area contributed by atoms with Crippen molar-refractivity contribution in [2.24, 2.45) is 0 Å². The zero-order valence-corrected chi connectivity index (χ0v) is 9.82. The maximum atomic E-state index is 6.02. The Morgan fingerprint density at radius 2 is 1.85 bits per heavy atom. The molecule has 0 aliphatic rings. The Labute approximate surface area is 88.4 Å². The van der Waals surface area contributed by atoms with Crippen LogP contribution in [-0.4, -0.2) is 5.38 Å². The van der Waals surface area contributed by atoms with Crippen molar-refractivity contribution in [3.05, 3.63) is 12.2 Å². The Bertz CT molecular complexity index is 118. The fourth-order valence-electron chi connectivity index (χ4n) is 1.35. The molecule has 0 aromatic rings. The van der Waals surface area contributed by atoms with Gasteiger partial charge in [0.2, 0.25) is 0 Å². The molecule has 0 saturated heterocycles. The minimum Gasteiger partial charge on any atom is -0.123 e. The predicted octanol–water partition coefficient (Wildman–Crippen LogP) is 4.92. The summed E-state index contributed by atoms with van der Waals surface area (Å²) in [5.41, 5.74) is 0. The van der Waals surface area contributed by atoms with Crippen LogP contribution in [-0.2, 0) is 0 Å². The molecule has 0 nitrogen and oxygen atoms in total. The van der Waals surface area contributed by atoms with E-state index >= 15 is 0 Å². The van der Waals surface area contributed by atoms with E-state index in [0.717, 1.165) is 6.42 Å². The van der Waals surface area contributed by atoms with E-state index < -0.39 is 0 Å². The van der Waals surface area contributed by atoms with E-state index in [1.807, 2.05) is 0 Å². The monoisotopic (exact) mass is 202 g/mol. The summed E-state index contributed by atoms with van der Waals surface area (Å²) < 4.78 is 0. The molecule has 1 unspecified atom stereocenters. The Kier molecular flexibility index (Phi) is 10.1. The van der Waals surface area contributed by atoms with Gasteiger partial charge in [0.25, 0.3) is 0 Å². The molecule has 1 heteroatoms. The van der Waals surface area contributed by atoms with E-state index in [1.165, 1.54) is 38.5 Å². The highest BCUT2D eigenvalue weighted by atomic mass is 35.5. The third-order valence-corrected chi connectivity index (χ3v) is 2.84. The molecule has 0 spiro atoms. The first-order valence-corrected chi connectivity index (χ1v) is 6.00. The lowest BCUT2D eigenvalue weighted by Gasteiger charge is -2.04. The van der Waals surface area contributed by atoms with Gasteiger partial charge >= 0.3 is 0 Å². The molecule has 0 radical (unpaired) electrons. The van der Waals surface area contributed by atoms with Crippen molar-refractivity contribution in [1.82, 2.24) is 0 Å². The minimum atomic E-state index is 0.413. The highest BCUT2D eigenvalue weighted by Gasteiger charge is 1.99. The van der Waals surface area contributed by atoms with Crippen LogP contribution >= 0.6 is 11.6 Å². The second-order valence-electron chi connectivity index (χ2n) is 3.57. The number of hydrogen-bond donors (Lipinski definition) is 0. The van der Waals surface area contributed by atoms with Crippen LogP contribution in [0.3, 0.4) is 0 Å². The summed E-state index contributed by atoms with van der Waals surface area (Å²) in [6, 6.07) is 0. The van der Waals surface area contributed by atoms with Crippen molar-refractivity contribution in [2.75, 3.05) is 0 Å². The summed E-state index contributed by atoms with van der Waals surface area (Å²) in [6.45, 7) is 4.24. The average molecular weight is 203 g/mol. The summed E-state index contributed by atoms with van der Waals surface area (Å²) >= 11 is 6.02. The lowest BCUT2D eigenvalue weighted by molar-refractivity contribution is 0.596. The van der Waals surface area contributed by atoms with E-state index in [1.54, 1.807) is 0 Å². The van der Waals surface area contributed by atoms with Crippen LogP contribution in [0.25, 0.3) is 0 Å². The minimum absolute atomic E-state index is 0.413. The number of rotatable bonds is 8. The van der Waals surface area contributed by atoms with Crippen molar-refractivity contribution in [3.63, 3.8) is 0 Å². The smallest absolute Gasteiger partial charge is 0.0333 e. The fourth-order valence-corrected chi connectivity index (χ4v) is 1.51. The first-order valence-electron chi connectivity index (χ1n) is 5.56. The molecule has 78 valence electrons. The molecule has 0 rings (SSSR count). The molecular weight excluding hydrogens is 180 g/mol. The Balaban J connectivity index is 2.99. The third-order valence-electron chi connectivity index (χ3n) is 2.32. The average Bonchev–Trinajstić information content (AvgIpc) is 2.16. The zero-order valence-electron chi connectivity index (χ0n) is 9.06. The van der Waals surface area contributed by atoms with Gasteiger partial charge in [-0.25, -0.2) is 0 Å². The Morgan fingerprint density at radius 1 is 1.15 bits per heavy atom. The summed E-state index contributed by atoms with van der Waals surface area (Å²) in [5, 5.41) is 0.413. The van der Waals surface area contributed by atoms with Gasteiger partial charge in [-0.1, -0.05) is 38.3 Å². The first-order chi connectivity index (χ1) is 6.31. The van der Waals surface area contributed by atoms with Gasteiger partial charge < -0.3 is 0 Å². The predicted molar refractivity (Wildman–Crippen MR) is 62.4 cm³/mol. The molecule has 0 saturated carbocycles. The lowest BCUT2D eigenvalue weighted by Crippen LogP contribution is -1.94. The second-order valence-corrected chi connectivity index (χ2v) is 4.18. The van der Waals surface area contributed by atoms with Crippen LogP contribution in [0.2, 0.25) is 0 Å². The quantitative estimate of drug-likeness (QED) is 0.298. The van der Waals surface area contributed by atoms with Gasteiger partial charge in [-0.05, 0) is 32.6 Å². The van der Waals surface area contributed by atoms with Crippen molar-refractivity contribution in [3.8, 4) is 0 Å². The SMILES string of the molecule is C/C=C/CCCCCCC(Cl)CC. The van der Waals surface area contributed by atoms with Gasteiger partial charge in [-0.2, -0.15) is 0 Å². The lowest BCUT2D eigenvalue weighted by atomic mass is 10.1. The van der Waals surface area contributed by atoms with Crippen molar-refractivity contribution in [2.45, 2.75) is 64.2 Å². The molecule has 1 atom stereocenters. The molecule has 0 heterocycles. The van der Waals surface area contributed by atoms with Crippen LogP contribution in [0.4, 0.5) is 0 Å². The standard InChI is InChI=1S/C12H23Cl/c1-3-5-6-7-8-9-10-11-12(13)4-2/h3,5,12H,4,6-11H2,1-2H3/b5-3+. The van der Waals surface area contributed by atoms with Crippen LogP contribution in [0.5, 0.6) is 0 Å². The molecule has 0 fully saturated rings. The van der Waals surface area contributed by atoms with E-state index in [0.29, 0.717) is 5.38 Å². The Hall–Kier alpha value is 0.0300. The van der Waals surface area contributed by atoms with Crippen LogP contribution in [0.15, 0.2) is 12.2 Å². The van der Waals surface area contributed by atoms with E-state index in [9.17, 15) is 0 Å². The highest BCUT2D eigenvalue weighted by molar-refractivity contribution is 6.20. The van der Waals surface area contributed by atoms with Gasteiger partial charge in [0, 0.05) is 5.38 Å². The van der Waals surface area contributed by atoms with Crippen molar-refractivity contribution >= 4 is 11.6 Å². The number of alkyl halides is 1. The number of halogens is 1. The maximum Gasteiger partial charge on any atom is 0.0333 e. The molecule has 0 amide bonds. The molecule has 0 aromatic heterocycles. The van der Waals surface area contributed by atoms with Gasteiger partial charge in [0.15, 0.2) is 0 Å². The normalized spacial score (nSPS) is 13.8. The fraction of sp³-hybridized carbons (Fsp3) is 0.833. The molecule has 13 heavy (non-hydrogen) atoms. The molecule has 0 N–H and O–H groups in total. The van der Waals surface area contributed by atoms with E-state index in [2.05, 4.69) is 26.0 Å². The van der Waals surface area contributed by atoms with Crippen molar-refractivity contribution in [1.29, 1.82) is 0 Å². The van der Waals surface area contributed by atoms with Crippen LogP contribution in [0, 0.1) is 0 Å². The zero-order chi connectivity index (χ0) is 9.94. The number of hydrogen-bond acceptors (Lipinski definition) is 0. The van der Waals surface area contributed by atoms with Gasteiger partial charge in [-0.3, -0.25) is 0 Å². The summed E-state index contributed by atoms with van der Waals surface area (Å²) in [4.78, 5) is 0. The van der Waals surface area contributed by atoms with Gasteiger partial charge in [0.1, 0.15) is 0 Å². The number of unbranched alkanes of at least 4 members (excludes halogenated alkanes) is 4. The Morgan fingerprint density at radius 3 is 2.46 bits per heavy atom. The largest absolute Gasteiger partial charge is 0.123 e. The van der Waals surface area contributed by atoms with Gasteiger partial charge in [0.05, 0.1) is 0 Å². The summed E-state index contributed by atoms with van der Waals surface area (Å²) in [5.74, 6) is 0. The molecular formula is C12H23Cl. The van der Waals surface area contributed by atoms with Crippen LogP contribution in [0.1, 0.15) is 58.8 Å². The van der Waals surface area contributed by atoms with Gasteiger partial charge in [-0.15, -0.1) is 11.6 Å². The summed E-state index contributed by atoms with van der Waals surface area (Å²) in [7, 11) is 0. The summed E-state index contributed by atoms with van der Waals surface area (Å²) in [6.07, 6.45) is 13.3. The molecule has 0 aliphatic carbocycles. The third kappa shape index (κ3) is 9.95. The molecule has 0 bridgehead atoms. The topological polar surface area (TPSA) is 0 Å². The molecule has 0 aromatic carbocycles. The maximum absolute atomic E-state index is 6.02. The molecule has 0 aliphatic heterocycles. The first kappa shape index (κ1) is 13.0. The second kappa shape index (κ2) is 10.1.